The lowest BCUT2D eigenvalue weighted by molar-refractivity contribution is -0.140. The first-order chi connectivity index (χ1) is 9.49. The number of thioether (sulfide) groups is 1. The Kier molecular flexibility index (Phi) is 4.18. The Morgan fingerprint density at radius 1 is 1.50 bits per heavy atom. The molecule has 0 saturated heterocycles. The zero-order valence-corrected chi connectivity index (χ0v) is 11.7. The molecule has 2 aromatic heterocycles. The van der Waals surface area contributed by atoms with Gasteiger partial charge in [0.05, 0.1) is 0 Å². The number of carboxylic acids is 1. The molecule has 20 heavy (non-hydrogen) atoms. The zero-order chi connectivity index (χ0) is 14.7. The molecule has 0 aliphatic rings. The van der Waals surface area contributed by atoms with E-state index in [1.807, 2.05) is 6.92 Å². The number of fused-ring (bicyclic) bond motifs is 1. The summed E-state index contributed by atoms with van der Waals surface area (Å²) in [5.74, 6) is -0.589. The molecular formula is C11H13N5O3S. The van der Waals surface area contributed by atoms with E-state index in [1.54, 1.807) is 16.8 Å². The number of aliphatic carboxylic acids is 1. The molecule has 1 unspecified atom stereocenters. The molecule has 0 aliphatic heterocycles. The minimum atomic E-state index is -1.09. The van der Waals surface area contributed by atoms with Crippen molar-refractivity contribution in [2.24, 2.45) is 0 Å². The van der Waals surface area contributed by atoms with Crippen LogP contribution in [0.3, 0.4) is 0 Å². The molecular weight excluding hydrogens is 282 g/mol. The average Bonchev–Trinajstić information content (AvgIpc) is 2.76. The van der Waals surface area contributed by atoms with Crippen LogP contribution in [-0.4, -0.2) is 48.4 Å². The Bertz CT molecular complexity index is 657. The highest BCUT2D eigenvalue weighted by molar-refractivity contribution is 7.99. The lowest BCUT2D eigenvalue weighted by atomic mass is 10.3. The van der Waals surface area contributed by atoms with Gasteiger partial charge in [-0.25, -0.2) is 9.78 Å². The summed E-state index contributed by atoms with van der Waals surface area (Å²) in [6.07, 6.45) is 3.33. The third-order valence-corrected chi connectivity index (χ3v) is 3.59. The van der Waals surface area contributed by atoms with E-state index in [1.165, 1.54) is 18.7 Å². The van der Waals surface area contributed by atoms with Crippen molar-refractivity contribution >= 4 is 29.3 Å². The summed E-state index contributed by atoms with van der Waals surface area (Å²) in [5, 5.41) is 19.9. The second-order valence-electron chi connectivity index (χ2n) is 4.08. The minimum Gasteiger partial charge on any atom is -0.480 e. The number of carboxylic acid groups (broad SMARTS) is 1. The van der Waals surface area contributed by atoms with Crippen LogP contribution in [0.15, 0.2) is 17.4 Å². The first kappa shape index (κ1) is 14.3. The van der Waals surface area contributed by atoms with Crippen molar-refractivity contribution in [1.29, 1.82) is 0 Å². The van der Waals surface area contributed by atoms with Crippen LogP contribution >= 0.6 is 11.8 Å². The molecule has 8 nitrogen and oxygen atoms in total. The predicted molar refractivity (Wildman–Crippen MR) is 71.5 cm³/mol. The fourth-order valence-electron chi connectivity index (χ4n) is 1.60. The molecule has 0 radical (unpaired) electrons. The van der Waals surface area contributed by atoms with Crippen LogP contribution < -0.4 is 5.32 Å². The van der Waals surface area contributed by atoms with Crippen molar-refractivity contribution in [2.45, 2.75) is 24.9 Å². The summed E-state index contributed by atoms with van der Waals surface area (Å²) in [6, 6.07) is -0.969. The molecule has 2 rings (SSSR count). The van der Waals surface area contributed by atoms with Gasteiger partial charge in [0.15, 0.2) is 5.65 Å². The number of rotatable bonds is 5. The summed E-state index contributed by atoms with van der Waals surface area (Å²) in [7, 11) is 0. The van der Waals surface area contributed by atoms with Crippen LogP contribution in [0.25, 0.3) is 5.65 Å². The predicted octanol–water partition coefficient (Wildman–Crippen LogP) is 0.114. The summed E-state index contributed by atoms with van der Waals surface area (Å²) in [6.45, 7) is 3.09. The SMILES string of the molecule is CC(=O)NC(CSc1nccn2c(C)nnc12)C(=O)O. The van der Waals surface area contributed by atoms with Crippen LogP contribution in [0.4, 0.5) is 0 Å². The summed E-state index contributed by atoms with van der Waals surface area (Å²) in [5.41, 5.74) is 0.571. The summed E-state index contributed by atoms with van der Waals surface area (Å²) >= 11 is 1.21. The van der Waals surface area contributed by atoms with Crippen molar-refractivity contribution in [1.82, 2.24) is 24.9 Å². The molecule has 9 heteroatoms. The number of hydrogen-bond acceptors (Lipinski definition) is 6. The Morgan fingerprint density at radius 2 is 2.25 bits per heavy atom. The van der Waals surface area contributed by atoms with Crippen LogP contribution in [0, 0.1) is 6.92 Å². The lowest BCUT2D eigenvalue weighted by Crippen LogP contribution is -2.41. The molecule has 0 aromatic carbocycles. The van der Waals surface area contributed by atoms with Gasteiger partial charge in [-0.2, -0.15) is 0 Å². The van der Waals surface area contributed by atoms with Crippen molar-refractivity contribution in [2.75, 3.05) is 5.75 Å². The summed E-state index contributed by atoms with van der Waals surface area (Å²) in [4.78, 5) is 26.2. The van der Waals surface area contributed by atoms with Gasteiger partial charge in [0.25, 0.3) is 0 Å². The van der Waals surface area contributed by atoms with Crippen LogP contribution in [0.5, 0.6) is 0 Å². The Morgan fingerprint density at radius 3 is 2.90 bits per heavy atom. The molecule has 0 fully saturated rings. The van der Waals surface area contributed by atoms with E-state index in [4.69, 9.17) is 5.11 Å². The molecule has 0 saturated carbocycles. The van der Waals surface area contributed by atoms with Gasteiger partial charge < -0.3 is 10.4 Å². The monoisotopic (exact) mass is 295 g/mol. The van der Waals surface area contributed by atoms with Gasteiger partial charge in [-0.15, -0.1) is 10.2 Å². The number of carbonyl (C=O) groups is 2. The molecule has 1 amide bonds. The third kappa shape index (κ3) is 3.05. The van der Waals surface area contributed by atoms with E-state index < -0.39 is 12.0 Å². The van der Waals surface area contributed by atoms with Gasteiger partial charge in [0, 0.05) is 25.1 Å². The molecule has 2 aromatic rings. The average molecular weight is 295 g/mol. The van der Waals surface area contributed by atoms with Crippen molar-refractivity contribution in [3.8, 4) is 0 Å². The van der Waals surface area contributed by atoms with Crippen molar-refractivity contribution in [3.05, 3.63) is 18.2 Å². The third-order valence-electron chi connectivity index (χ3n) is 2.53. The fourth-order valence-corrected chi connectivity index (χ4v) is 2.56. The van der Waals surface area contributed by atoms with Crippen LogP contribution in [0.1, 0.15) is 12.7 Å². The summed E-state index contributed by atoms with van der Waals surface area (Å²) < 4.78 is 1.77. The number of nitrogens with zero attached hydrogens (tertiary/aromatic N) is 4. The molecule has 2 N–H and O–H groups in total. The van der Waals surface area contributed by atoms with E-state index >= 15 is 0 Å². The van der Waals surface area contributed by atoms with Crippen molar-refractivity contribution in [3.63, 3.8) is 0 Å². The van der Waals surface area contributed by atoms with E-state index in [0.717, 1.165) is 5.82 Å². The number of nitrogens with one attached hydrogen (secondary N) is 1. The number of hydrogen-bond donors (Lipinski definition) is 2. The normalized spacial score (nSPS) is 12.3. The van der Waals surface area contributed by atoms with E-state index in [2.05, 4.69) is 20.5 Å². The second-order valence-corrected chi connectivity index (χ2v) is 5.08. The van der Waals surface area contributed by atoms with E-state index in [-0.39, 0.29) is 11.7 Å². The van der Waals surface area contributed by atoms with Crippen molar-refractivity contribution < 1.29 is 14.7 Å². The maximum atomic E-state index is 11.0. The van der Waals surface area contributed by atoms with Gasteiger partial charge >= 0.3 is 5.97 Å². The number of aryl methyl sites for hydroxylation is 1. The smallest absolute Gasteiger partial charge is 0.327 e. The van der Waals surface area contributed by atoms with Crippen LogP contribution in [0.2, 0.25) is 0 Å². The highest BCUT2D eigenvalue weighted by atomic mass is 32.2. The lowest BCUT2D eigenvalue weighted by Gasteiger charge is -2.12. The molecule has 0 spiro atoms. The maximum Gasteiger partial charge on any atom is 0.327 e. The molecule has 0 aliphatic carbocycles. The van der Waals surface area contributed by atoms with Crippen LogP contribution in [-0.2, 0) is 9.59 Å². The first-order valence-corrected chi connectivity index (χ1v) is 6.76. The van der Waals surface area contributed by atoms with Gasteiger partial charge in [0.1, 0.15) is 16.9 Å². The number of aromatic nitrogens is 4. The topological polar surface area (TPSA) is 109 Å². The first-order valence-electron chi connectivity index (χ1n) is 5.78. The Labute approximate surface area is 118 Å². The number of amides is 1. The quantitative estimate of drug-likeness (QED) is 0.753. The molecule has 2 heterocycles. The largest absolute Gasteiger partial charge is 0.480 e. The maximum absolute atomic E-state index is 11.0. The molecule has 0 bridgehead atoms. The van der Waals surface area contributed by atoms with Gasteiger partial charge in [0.2, 0.25) is 5.91 Å². The standard InChI is InChI=1S/C11H13N5O3S/c1-6-14-15-9-10(12-3-4-16(6)9)20-5-8(11(18)19)13-7(2)17/h3-4,8H,5H2,1-2H3,(H,13,17)(H,18,19). The van der Waals surface area contributed by atoms with Gasteiger partial charge in [-0.1, -0.05) is 11.8 Å². The Balaban J connectivity index is 2.15. The highest BCUT2D eigenvalue weighted by Crippen LogP contribution is 2.20. The second kappa shape index (κ2) is 5.87. The number of carbonyl (C=O) groups excluding carboxylic acids is 1. The van der Waals surface area contributed by atoms with Gasteiger partial charge in [-0.05, 0) is 6.92 Å². The van der Waals surface area contributed by atoms with Gasteiger partial charge in [-0.3, -0.25) is 9.20 Å². The van der Waals surface area contributed by atoms with E-state index in [0.29, 0.717) is 10.7 Å². The molecule has 106 valence electrons. The van der Waals surface area contributed by atoms with E-state index in [9.17, 15) is 9.59 Å². The fraction of sp³-hybridized carbons (Fsp3) is 0.364. The molecule has 1 atom stereocenters. The Hall–Kier alpha value is -2.16. The zero-order valence-electron chi connectivity index (χ0n) is 10.9. The highest BCUT2D eigenvalue weighted by Gasteiger charge is 2.20. The minimum absolute atomic E-state index is 0.160.